The Bertz CT molecular complexity index is 1310. The molecule has 0 aromatic heterocycles. The molecule has 37 heavy (non-hydrogen) atoms. The van der Waals surface area contributed by atoms with Crippen LogP contribution >= 0.6 is 0 Å². The van der Waals surface area contributed by atoms with Gasteiger partial charge in [-0.1, -0.05) is 13.0 Å². The Labute approximate surface area is 218 Å². The SMILES string of the molecule is CCCN1c2cc(C)c(/C=C3/NC(=O)N(CC(=O)Nc4ccc(OC)cc4)C3=O)cc2C(C)=CC1(C)C. The summed E-state index contributed by atoms with van der Waals surface area (Å²) in [6, 6.07) is 10.4. The van der Waals surface area contributed by atoms with Crippen molar-refractivity contribution < 1.29 is 19.1 Å². The molecule has 0 saturated carbocycles. The zero-order valence-corrected chi connectivity index (χ0v) is 22.3. The van der Waals surface area contributed by atoms with Crippen LogP contribution in [-0.2, 0) is 9.59 Å². The van der Waals surface area contributed by atoms with Gasteiger partial charge in [0.15, 0.2) is 0 Å². The zero-order valence-electron chi connectivity index (χ0n) is 22.3. The number of hydrogen-bond acceptors (Lipinski definition) is 5. The molecule has 1 fully saturated rings. The van der Waals surface area contributed by atoms with E-state index in [0.29, 0.717) is 11.4 Å². The fourth-order valence-corrected chi connectivity index (χ4v) is 4.92. The highest BCUT2D eigenvalue weighted by molar-refractivity contribution is 6.16. The first kappa shape index (κ1) is 26.0. The van der Waals surface area contributed by atoms with Crippen molar-refractivity contribution in [2.75, 3.05) is 30.4 Å². The number of fused-ring (bicyclic) bond motifs is 1. The lowest BCUT2D eigenvalue weighted by atomic mass is 9.86. The van der Waals surface area contributed by atoms with Crippen LogP contribution in [0.4, 0.5) is 16.2 Å². The average Bonchev–Trinajstić information content (AvgIpc) is 3.10. The average molecular weight is 503 g/mol. The second kappa shape index (κ2) is 10.1. The molecule has 8 nitrogen and oxygen atoms in total. The molecule has 2 aromatic carbocycles. The van der Waals surface area contributed by atoms with Crippen molar-refractivity contribution in [2.45, 2.75) is 46.6 Å². The lowest BCUT2D eigenvalue weighted by Crippen LogP contribution is -2.45. The highest BCUT2D eigenvalue weighted by Crippen LogP contribution is 2.40. The molecular formula is C29H34N4O4. The van der Waals surface area contributed by atoms with Crippen molar-refractivity contribution in [1.82, 2.24) is 10.2 Å². The number of allylic oxidation sites excluding steroid dienone is 1. The van der Waals surface area contributed by atoms with Crippen LogP contribution in [0, 0.1) is 6.92 Å². The maximum atomic E-state index is 13.0. The molecule has 2 aliphatic heterocycles. The van der Waals surface area contributed by atoms with Gasteiger partial charge in [0.05, 0.1) is 12.6 Å². The summed E-state index contributed by atoms with van der Waals surface area (Å²) in [6.45, 7) is 11.2. The van der Waals surface area contributed by atoms with Crippen molar-refractivity contribution in [3.63, 3.8) is 0 Å². The standard InChI is InChI=1S/C29H34N4O4/c1-7-12-33-25-13-18(2)20(14-23(25)19(3)16-29(33,4)5)15-24-27(35)32(28(36)31-24)17-26(34)30-21-8-10-22(37-6)11-9-21/h8-11,13-16H,7,12,17H2,1-6H3,(H,30,34)(H,31,36)/b24-15+. The first-order chi connectivity index (χ1) is 17.5. The summed E-state index contributed by atoms with van der Waals surface area (Å²) in [7, 11) is 1.56. The van der Waals surface area contributed by atoms with Gasteiger partial charge in [-0.05, 0) is 93.3 Å². The number of hydrogen-bond donors (Lipinski definition) is 2. The molecule has 0 aliphatic carbocycles. The first-order valence-corrected chi connectivity index (χ1v) is 12.4. The Morgan fingerprint density at radius 2 is 1.84 bits per heavy atom. The number of amides is 4. The molecule has 2 aliphatic rings. The lowest BCUT2D eigenvalue weighted by Gasteiger charge is -2.43. The number of nitrogens with zero attached hydrogens (tertiary/aromatic N) is 2. The first-order valence-electron chi connectivity index (χ1n) is 12.4. The summed E-state index contributed by atoms with van der Waals surface area (Å²) in [5.74, 6) is -0.348. The van der Waals surface area contributed by atoms with Crippen molar-refractivity contribution in [3.05, 3.63) is 64.9 Å². The van der Waals surface area contributed by atoms with Gasteiger partial charge < -0.3 is 20.3 Å². The summed E-state index contributed by atoms with van der Waals surface area (Å²) in [5.41, 5.74) is 5.89. The number of carbonyl (C=O) groups excluding carboxylic acids is 3. The number of carbonyl (C=O) groups is 3. The topological polar surface area (TPSA) is 91.0 Å². The summed E-state index contributed by atoms with van der Waals surface area (Å²) < 4.78 is 5.11. The van der Waals surface area contributed by atoms with Crippen LogP contribution in [-0.4, -0.2) is 48.5 Å². The molecule has 4 rings (SSSR count). The van der Waals surface area contributed by atoms with Crippen molar-refractivity contribution in [3.8, 4) is 5.75 Å². The van der Waals surface area contributed by atoms with E-state index in [0.717, 1.165) is 34.6 Å². The molecular weight excluding hydrogens is 468 g/mol. The van der Waals surface area contributed by atoms with Crippen LogP contribution in [0.3, 0.4) is 0 Å². The number of rotatable bonds is 7. The van der Waals surface area contributed by atoms with Crippen molar-refractivity contribution >= 4 is 40.9 Å². The predicted octanol–water partition coefficient (Wildman–Crippen LogP) is 4.95. The van der Waals surface area contributed by atoms with Crippen molar-refractivity contribution in [2.24, 2.45) is 0 Å². The maximum Gasteiger partial charge on any atom is 0.329 e. The molecule has 0 spiro atoms. The number of nitrogens with one attached hydrogen (secondary N) is 2. The van der Waals surface area contributed by atoms with E-state index in [1.54, 1.807) is 37.5 Å². The summed E-state index contributed by atoms with van der Waals surface area (Å²) in [6.07, 6.45) is 4.99. The minimum absolute atomic E-state index is 0.0954. The van der Waals surface area contributed by atoms with Crippen molar-refractivity contribution in [1.29, 1.82) is 0 Å². The monoisotopic (exact) mass is 502 g/mol. The van der Waals surface area contributed by atoms with Gasteiger partial charge in [0.1, 0.15) is 18.0 Å². The van der Waals surface area contributed by atoms with Gasteiger partial charge in [0.2, 0.25) is 5.91 Å². The van der Waals surface area contributed by atoms with Gasteiger partial charge in [-0.25, -0.2) is 9.69 Å². The van der Waals surface area contributed by atoms with E-state index in [2.05, 4.69) is 61.4 Å². The second-order valence-corrected chi connectivity index (χ2v) is 10.0. The molecule has 0 radical (unpaired) electrons. The third kappa shape index (κ3) is 5.23. The van der Waals surface area contributed by atoms with Crippen LogP contribution in [0.25, 0.3) is 11.6 Å². The second-order valence-electron chi connectivity index (χ2n) is 10.0. The largest absolute Gasteiger partial charge is 0.497 e. The fourth-order valence-electron chi connectivity index (χ4n) is 4.92. The Morgan fingerprint density at radius 3 is 2.49 bits per heavy atom. The third-order valence-electron chi connectivity index (χ3n) is 6.75. The fraction of sp³-hybridized carbons (Fsp3) is 0.345. The van der Waals surface area contributed by atoms with Gasteiger partial charge >= 0.3 is 6.03 Å². The highest BCUT2D eigenvalue weighted by atomic mass is 16.5. The number of methoxy groups -OCH3 is 1. The van der Waals surface area contributed by atoms with E-state index in [4.69, 9.17) is 4.74 Å². The van der Waals surface area contributed by atoms with Gasteiger partial charge in [0, 0.05) is 23.5 Å². The summed E-state index contributed by atoms with van der Waals surface area (Å²) in [5, 5.41) is 5.32. The summed E-state index contributed by atoms with van der Waals surface area (Å²) in [4.78, 5) is 41.4. The summed E-state index contributed by atoms with van der Waals surface area (Å²) >= 11 is 0. The van der Waals surface area contributed by atoms with E-state index in [-0.39, 0.29) is 17.8 Å². The minimum atomic E-state index is -0.622. The molecule has 2 N–H and O–H groups in total. The minimum Gasteiger partial charge on any atom is -0.497 e. The highest BCUT2D eigenvalue weighted by Gasteiger charge is 2.35. The molecule has 4 amide bonds. The number of benzene rings is 2. The Kier molecular flexibility index (Phi) is 7.12. The third-order valence-corrected chi connectivity index (χ3v) is 6.75. The number of anilines is 2. The Morgan fingerprint density at radius 1 is 1.14 bits per heavy atom. The number of urea groups is 1. The van der Waals surface area contributed by atoms with Crippen LogP contribution in [0.1, 0.15) is 50.8 Å². The van der Waals surface area contributed by atoms with Crippen LogP contribution in [0.5, 0.6) is 5.75 Å². The van der Waals surface area contributed by atoms with Crippen LogP contribution in [0.2, 0.25) is 0 Å². The molecule has 1 saturated heterocycles. The molecule has 0 bridgehead atoms. The van der Waals surface area contributed by atoms with E-state index in [1.165, 1.54) is 11.3 Å². The molecule has 194 valence electrons. The van der Waals surface area contributed by atoms with E-state index in [1.807, 2.05) is 6.92 Å². The van der Waals surface area contributed by atoms with Gasteiger partial charge in [0.25, 0.3) is 5.91 Å². The van der Waals surface area contributed by atoms with Gasteiger partial charge in [-0.3, -0.25) is 9.59 Å². The molecule has 2 aromatic rings. The molecule has 8 heteroatoms. The lowest BCUT2D eigenvalue weighted by molar-refractivity contribution is -0.127. The molecule has 0 atom stereocenters. The number of aryl methyl sites for hydroxylation is 1. The predicted molar refractivity (Wildman–Crippen MR) is 146 cm³/mol. The van der Waals surface area contributed by atoms with Crippen LogP contribution < -0.4 is 20.3 Å². The Hall–Kier alpha value is -4.07. The maximum absolute atomic E-state index is 13.0. The van der Waals surface area contributed by atoms with E-state index < -0.39 is 17.8 Å². The van der Waals surface area contributed by atoms with Gasteiger partial charge in [-0.2, -0.15) is 0 Å². The Balaban J connectivity index is 1.54. The number of imide groups is 1. The van der Waals surface area contributed by atoms with Gasteiger partial charge in [-0.15, -0.1) is 0 Å². The number of ether oxygens (including phenoxy) is 1. The van der Waals surface area contributed by atoms with Crippen LogP contribution in [0.15, 0.2) is 48.2 Å². The van der Waals surface area contributed by atoms with E-state index >= 15 is 0 Å². The smallest absolute Gasteiger partial charge is 0.329 e. The quantitative estimate of drug-likeness (QED) is 0.413. The zero-order chi connectivity index (χ0) is 26.9. The molecule has 2 heterocycles. The van der Waals surface area contributed by atoms with E-state index in [9.17, 15) is 14.4 Å². The normalized spacial score (nSPS) is 17.5. The molecule has 0 unspecified atom stereocenters.